The molecule has 0 unspecified atom stereocenters. The summed E-state index contributed by atoms with van der Waals surface area (Å²) in [6.45, 7) is 7.55. The molecule has 2 heterocycles. The summed E-state index contributed by atoms with van der Waals surface area (Å²) >= 11 is 1.39. The third kappa shape index (κ3) is 4.66. The fourth-order valence-electron chi connectivity index (χ4n) is 2.73. The summed E-state index contributed by atoms with van der Waals surface area (Å²) in [5.41, 5.74) is -0.180. The van der Waals surface area contributed by atoms with Gasteiger partial charge in [-0.15, -0.1) is 11.3 Å². The van der Waals surface area contributed by atoms with Crippen LogP contribution < -0.4 is 5.56 Å². The van der Waals surface area contributed by atoms with E-state index in [1.165, 1.54) is 22.2 Å². The van der Waals surface area contributed by atoms with Gasteiger partial charge in [0.2, 0.25) is 0 Å². The number of carbonyl (C=O) groups is 2. The van der Waals surface area contributed by atoms with Crippen LogP contribution in [-0.4, -0.2) is 45.0 Å². The smallest absolute Gasteiger partial charge is 0.308 e. The average Bonchev–Trinajstić information content (AvgIpc) is 3.01. The van der Waals surface area contributed by atoms with Gasteiger partial charge in [-0.25, -0.2) is 4.98 Å². The Balaban J connectivity index is 1.89. The van der Waals surface area contributed by atoms with Crippen molar-refractivity contribution in [1.82, 2.24) is 14.5 Å². The molecule has 8 heteroatoms. The second kappa shape index (κ2) is 8.24. The van der Waals surface area contributed by atoms with E-state index in [0.717, 1.165) is 0 Å². The molecular weight excluding hydrogens is 342 g/mol. The third-order valence-corrected chi connectivity index (χ3v) is 4.59. The summed E-state index contributed by atoms with van der Waals surface area (Å²) in [5.74, 6) is -0.741. The minimum atomic E-state index is -0.516. The van der Waals surface area contributed by atoms with Gasteiger partial charge in [0.25, 0.3) is 11.5 Å². The van der Waals surface area contributed by atoms with E-state index in [2.05, 4.69) is 4.98 Å². The molecule has 2 aromatic heterocycles. The highest BCUT2D eigenvalue weighted by molar-refractivity contribution is 7.16. The minimum absolute atomic E-state index is 0.00781. The van der Waals surface area contributed by atoms with Crippen molar-refractivity contribution in [3.8, 4) is 0 Å². The van der Waals surface area contributed by atoms with Crippen LogP contribution in [0.5, 0.6) is 0 Å². The van der Waals surface area contributed by atoms with Gasteiger partial charge in [-0.1, -0.05) is 0 Å². The van der Waals surface area contributed by atoms with E-state index >= 15 is 0 Å². The fourth-order valence-corrected chi connectivity index (χ4v) is 3.45. The molecule has 0 spiro atoms. The first-order valence-electron chi connectivity index (χ1n) is 8.20. The van der Waals surface area contributed by atoms with Gasteiger partial charge in [0.1, 0.15) is 4.83 Å². The first kappa shape index (κ1) is 19.1. The molecule has 0 atom stereocenters. The fraction of sp³-hybridized carbons (Fsp3) is 0.529. The number of fused-ring (bicyclic) bond motifs is 1. The Kier molecular flexibility index (Phi) is 6.30. The standard InChI is InChI=1S/C17H23N3O4S/c1-11(2)20(12(3)4)14(21)9-24-15(22)5-7-19-10-18-16-13(17(19)23)6-8-25-16/h6,8,10-12H,5,7,9H2,1-4H3. The van der Waals surface area contributed by atoms with Crippen molar-refractivity contribution in [1.29, 1.82) is 0 Å². The number of hydrogen-bond donors (Lipinski definition) is 0. The molecule has 136 valence electrons. The zero-order chi connectivity index (χ0) is 18.6. The molecule has 0 radical (unpaired) electrons. The van der Waals surface area contributed by atoms with Crippen molar-refractivity contribution < 1.29 is 14.3 Å². The highest BCUT2D eigenvalue weighted by Crippen LogP contribution is 2.13. The van der Waals surface area contributed by atoms with E-state index in [1.54, 1.807) is 16.3 Å². The lowest BCUT2D eigenvalue weighted by Gasteiger charge is -2.30. The Labute approximate surface area is 150 Å². The number of carbonyl (C=O) groups excluding carboxylic acids is 2. The highest BCUT2D eigenvalue weighted by atomic mass is 32.1. The van der Waals surface area contributed by atoms with Gasteiger partial charge in [0, 0.05) is 18.6 Å². The Morgan fingerprint density at radius 1 is 1.28 bits per heavy atom. The molecule has 0 fully saturated rings. The number of ether oxygens (including phenoxy) is 1. The molecule has 0 aromatic carbocycles. The molecule has 0 saturated carbocycles. The molecule has 1 amide bonds. The van der Waals surface area contributed by atoms with Gasteiger partial charge in [-0.05, 0) is 39.1 Å². The number of aryl methyl sites for hydroxylation is 1. The molecule has 0 saturated heterocycles. The van der Waals surface area contributed by atoms with Crippen LogP contribution in [0.15, 0.2) is 22.6 Å². The first-order valence-corrected chi connectivity index (χ1v) is 9.08. The van der Waals surface area contributed by atoms with Crippen molar-refractivity contribution in [2.24, 2.45) is 0 Å². The molecule has 2 rings (SSSR count). The van der Waals surface area contributed by atoms with E-state index in [9.17, 15) is 14.4 Å². The lowest BCUT2D eigenvalue weighted by atomic mass is 10.2. The lowest BCUT2D eigenvalue weighted by Crippen LogP contribution is -2.44. The maximum Gasteiger partial charge on any atom is 0.308 e. The number of rotatable bonds is 7. The molecule has 7 nitrogen and oxygen atoms in total. The van der Waals surface area contributed by atoms with Crippen LogP contribution in [0.3, 0.4) is 0 Å². The number of thiophene rings is 1. The van der Waals surface area contributed by atoms with Gasteiger partial charge in [0.05, 0.1) is 18.1 Å². The molecule has 0 N–H and O–H groups in total. The molecule has 0 aliphatic rings. The normalized spacial score (nSPS) is 11.3. The van der Waals surface area contributed by atoms with Crippen LogP contribution in [-0.2, 0) is 20.9 Å². The summed E-state index contributed by atoms with van der Waals surface area (Å²) in [7, 11) is 0. The summed E-state index contributed by atoms with van der Waals surface area (Å²) in [5, 5.41) is 2.35. The van der Waals surface area contributed by atoms with Crippen molar-refractivity contribution in [2.75, 3.05) is 6.61 Å². The van der Waals surface area contributed by atoms with Gasteiger partial charge in [-0.3, -0.25) is 19.0 Å². The predicted octanol–water partition coefficient (Wildman–Crippen LogP) is 2.04. The Bertz CT molecular complexity index is 802. The maximum absolute atomic E-state index is 12.2. The molecule has 25 heavy (non-hydrogen) atoms. The van der Waals surface area contributed by atoms with E-state index in [4.69, 9.17) is 4.74 Å². The van der Waals surface area contributed by atoms with Crippen LogP contribution in [0.2, 0.25) is 0 Å². The summed E-state index contributed by atoms with van der Waals surface area (Å²) in [4.78, 5) is 42.8. The van der Waals surface area contributed by atoms with E-state index < -0.39 is 5.97 Å². The van der Waals surface area contributed by atoms with Crippen molar-refractivity contribution in [3.05, 3.63) is 28.1 Å². The Morgan fingerprint density at radius 2 is 1.96 bits per heavy atom. The minimum Gasteiger partial charge on any atom is -0.456 e. The van der Waals surface area contributed by atoms with Crippen LogP contribution in [0.1, 0.15) is 34.1 Å². The number of aromatic nitrogens is 2. The van der Waals surface area contributed by atoms with Gasteiger partial charge < -0.3 is 9.64 Å². The van der Waals surface area contributed by atoms with E-state index in [0.29, 0.717) is 10.2 Å². The Hall–Kier alpha value is -2.22. The van der Waals surface area contributed by atoms with Gasteiger partial charge in [-0.2, -0.15) is 0 Å². The van der Waals surface area contributed by atoms with Crippen LogP contribution in [0, 0.1) is 0 Å². The number of esters is 1. The highest BCUT2D eigenvalue weighted by Gasteiger charge is 2.21. The summed E-state index contributed by atoms with van der Waals surface area (Å²) in [6, 6.07) is 1.79. The SMILES string of the molecule is CC(C)N(C(=O)COC(=O)CCn1cnc2sccc2c1=O)C(C)C. The van der Waals surface area contributed by atoms with Crippen LogP contribution in [0.25, 0.3) is 10.2 Å². The second-order valence-electron chi connectivity index (χ2n) is 6.28. The largest absolute Gasteiger partial charge is 0.456 e. The Morgan fingerprint density at radius 3 is 2.60 bits per heavy atom. The first-order chi connectivity index (χ1) is 11.8. The van der Waals surface area contributed by atoms with Gasteiger partial charge >= 0.3 is 5.97 Å². The van der Waals surface area contributed by atoms with Crippen molar-refractivity contribution in [2.45, 2.75) is 52.7 Å². The van der Waals surface area contributed by atoms with Crippen LogP contribution >= 0.6 is 11.3 Å². The number of hydrogen-bond acceptors (Lipinski definition) is 6. The molecule has 0 aliphatic heterocycles. The lowest BCUT2D eigenvalue weighted by molar-refractivity contribution is -0.153. The molecule has 0 aliphatic carbocycles. The maximum atomic E-state index is 12.2. The zero-order valence-electron chi connectivity index (χ0n) is 14.9. The summed E-state index contributed by atoms with van der Waals surface area (Å²) in [6.07, 6.45) is 1.44. The topological polar surface area (TPSA) is 81.5 Å². The molecular formula is C17H23N3O4S. The quantitative estimate of drug-likeness (QED) is 0.701. The van der Waals surface area contributed by atoms with Crippen molar-refractivity contribution >= 4 is 33.4 Å². The predicted molar refractivity (Wildman–Crippen MR) is 96.6 cm³/mol. The number of amides is 1. The monoisotopic (exact) mass is 365 g/mol. The zero-order valence-corrected chi connectivity index (χ0v) is 15.7. The number of nitrogens with zero attached hydrogens (tertiary/aromatic N) is 3. The third-order valence-electron chi connectivity index (χ3n) is 3.76. The molecule has 2 aromatic rings. The average molecular weight is 365 g/mol. The van der Waals surface area contributed by atoms with E-state index in [-0.39, 0.29) is 43.1 Å². The second-order valence-corrected chi connectivity index (χ2v) is 7.18. The van der Waals surface area contributed by atoms with Crippen LogP contribution in [0.4, 0.5) is 0 Å². The van der Waals surface area contributed by atoms with E-state index in [1.807, 2.05) is 27.7 Å². The summed E-state index contributed by atoms with van der Waals surface area (Å²) < 4.78 is 6.44. The molecule has 0 bridgehead atoms. The van der Waals surface area contributed by atoms with Gasteiger partial charge in [0.15, 0.2) is 6.61 Å². The van der Waals surface area contributed by atoms with Crippen molar-refractivity contribution in [3.63, 3.8) is 0 Å².